The molecular formula is C19H20F2N2O4. The highest BCUT2D eigenvalue weighted by molar-refractivity contribution is 5.96. The fourth-order valence-corrected chi connectivity index (χ4v) is 2.98. The van der Waals surface area contributed by atoms with Crippen LogP contribution in [0.25, 0.3) is 0 Å². The Morgan fingerprint density at radius 1 is 1.19 bits per heavy atom. The van der Waals surface area contributed by atoms with Gasteiger partial charge in [0.1, 0.15) is 23.1 Å². The number of carbonyl (C=O) groups is 1. The molecule has 0 aromatic heterocycles. The zero-order valence-corrected chi connectivity index (χ0v) is 14.5. The van der Waals surface area contributed by atoms with Crippen LogP contribution in [-0.4, -0.2) is 35.8 Å². The summed E-state index contributed by atoms with van der Waals surface area (Å²) in [7, 11) is 0. The average Bonchev–Trinajstić information content (AvgIpc) is 2.59. The maximum atomic E-state index is 13.1. The molecule has 2 aromatic rings. The van der Waals surface area contributed by atoms with Gasteiger partial charge in [0.25, 0.3) is 5.91 Å². The lowest BCUT2D eigenvalue weighted by molar-refractivity contribution is -0.118. The molecule has 0 bridgehead atoms. The molecule has 3 rings (SSSR count). The van der Waals surface area contributed by atoms with E-state index >= 15 is 0 Å². The molecule has 0 radical (unpaired) electrons. The van der Waals surface area contributed by atoms with E-state index in [0.29, 0.717) is 42.0 Å². The zero-order valence-electron chi connectivity index (χ0n) is 14.5. The third-order valence-electron chi connectivity index (χ3n) is 4.16. The number of benzene rings is 2. The van der Waals surface area contributed by atoms with Crippen molar-refractivity contribution in [1.29, 1.82) is 0 Å². The Balaban J connectivity index is 1.52. The van der Waals surface area contributed by atoms with E-state index in [1.807, 2.05) is 0 Å². The van der Waals surface area contributed by atoms with Gasteiger partial charge in [-0.25, -0.2) is 8.78 Å². The van der Waals surface area contributed by atoms with Gasteiger partial charge in [0.2, 0.25) is 0 Å². The summed E-state index contributed by atoms with van der Waals surface area (Å²) in [6.07, 6.45) is 0.154. The first-order chi connectivity index (χ1) is 12.9. The number of phenolic OH excluding ortho intramolecular Hbond substituents is 1. The van der Waals surface area contributed by atoms with Crippen LogP contribution < -0.4 is 15.4 Å². The lowest BCUT2D eigenvalue weighted by Gasteiger charge is -2.23. The number of amides is 1. The maximum absolute atomic E-state index is 13.1. The lowest BCUT2D eigenvalue weighted by atomic mass is 10.0. The minimum absolute atomic E-state index is 0.0956. The third-order valence-corrected chi connectivity index (χ3v) is 4.16. The van der Waals surface area contributed by atoms with Gasteiger partial charge in [-0.05, 0) is 43.1 Å². The van der Waals surface area contributed by atoms with Crippen LogP contribution in [-0.2, 0) is 11.2 Å². The van der Waals surface area contributed by atoms with Gasteiger partial charge in [0.15, 0.2) is 6.61 Å². The van der Waals surface area contributed by atoms with Crippen LogP contribution >= 0.6 is 0 Å². The molecule has 0 saturated heterocycles. The molecule has 1 amide bonds. The number of aromatic hydroxyl groups is 1. The van der Waals surface area contributed by atoms with Crippen LogP contribution in [0.1, 0.15) is 23.7 Å². The highest BCUT2D eigenvalue weighted by atomic mass is 19.1. The van der Waals surface area contributed by atoms with Crippen molar-refractivity contribution in [1.82, 2.24) is 5.32 Å². The Morgan fingerprint density at radius 2 is 1.93 bits per heavy atom. The Bertz CT molecular complexity index is 824. The summed E-state index contributed by atoms with van der Waals surface area (Å²) >= 11 is 0. The van der Waals surface area contributed by atoms with Crippen molar-refractivity contribution in [2.24, 2.45) is 0 Å². The molecule has 0 spiro atoms. The van der Waals surface area contributed by atoms with Crippen molar-refractivity contribution >= 4 is 11.6 Å². The van der Waals surface area contributed by atoms with Gasteiger partial charge in [0.05, 0.1) is 11.8 Å². The van der Waals surface area contributed by atoms with Crippen molar-refractivity contribution in [2.45, 2.75) is 18.9 Å². The standard InChI is InChI=1S/C19H20F2N2O4/c20-12-4-11(5-13(21)6-12)2-1-3-22-9-17(25)15-7-14(24)8-16-19(15)27-10-18(26)23-16/h4-8,17,22,24-25H,1-3,9-10H2,(H,23,26). The predicted molar refractivity (Wildman–Crippen MR) is 94.7 cm³/mol. The number of halogens is 2. The molecule has 1 aliphatic rings. The number of ether oxygens (including phenoxy) is 1. The third kappa shape index (κ3) is 4.93. The molecule has 8 heteroatoms. The number of aliphatic hydroxyl groups is 1. The van der Waals surface area contributed by atoms with E-state index in [1.54, 1.807) is 0 Å². The molecule has 1 unspecified atom stereocenters. The first-order valence-corrected chi connectivity index (χ1v) is 8.55. The average molecular weight is 378 g/mol. The maximum Gasteiger partial charge on any atom is 0.262 e. The number of aliphatic hydroxyl groups excluding tert-OH is 1. The number of aryl methyl sites for hydroxylation is 1. The fourth-order valence-electron chi connectivity index (χ4n) is 2.98. The van der Waals surface area contributed by atoms with Crippen LogP contribution in [0.2, 0.25) is 0 Å². The molecule has 6 nitrogen and oxygen atoms in total. The van der Waals surface area contributed by atoms with Gasteiger partial charge in [-0.2, -0.15) is 0 Å². The lowest BCUT2D eigenvalue weighted by Crippen LogP contribution is -2.28. The summed E-state index contributed by atoms with van der Waals surface area (Å²) in [5, 5.41) is 25.8. The van der Waals surface area contributed by atoms with Gasteiger partial charge >= 0.3 is 0 Å². The number of fused-ring (bicyclic) bond motifs is 1. The molecule has 2 aromatic carbocycles. The van der Waals surface area contributed by atoms with E-state index in [0.717, 1.165) is 6.07 Å². The van der Waals surface area contributed by atoms with Gasteiger partial charge in [0, 0.05) is 24.2 Å². The number of hydrogen-bond donors (Lipinski definition) is 4. The molecular weight excluding hydrogens is 358 g/mol. The second-order valence-corrected chi connectivity index (χ2v) is 6.35. The van der Waals surface area contributed by atoms with Crippen LogP contribution in [0.15, 0.2) is 30.3 Å². The Hall–Kier alpha value is -2.71. The largest absolute Gasteiger partial charge is 0.508 e. The van der Waals surface area contributed by atoms with Gasteiger partial charge < -0.3 is 25.6 Å². The first kappa shape index (κ1) is 19.1. The van der Waals surface area contributed by atoms with Crippen molar-refractivity contribution < 1.29 is 28.5 Å². The smallest absolute Gasteiger partial charge is 0.262 e. The monoisotopic (exact) mass is 378 g/mol. The van der Waals surface area contributed by atoms with Crippen molar-refractivity contribution in [3.05, 3.63) is 53.1 Å². The molecule has 27 heavy (non-hydrogen) atoms. The Kier molecular flexibility index (Phi) is 5.88. The molecule has 1 heterocycles. The molecule has 4 N–H and O–H groups in total. The molecule has 0 aliphatic carbocycles. The summed E-state index contributed by atoms with van der Waals surface area (Å²) in [5.74, 6) is -1.30. The quantitative estimate of drug-likeness (QED) is 0.555. The minimum atomic E-state index is -0.965. The number of carbonyl (C=O) groups excluding carboxylic acids is 1. The van der Waals surface area contributed by atoms with Crippen LogP contribution in [0.5, 0.6) is 11.5 Å². The number of phenols is 1. The summed E-state index contributed by atoms with van der Waals surface area (Å²) in [4.78, 5) is 11.4. The van der Waals surface area contributed by atoms with Crippen molar-refractivity contribution in [3.63, 3.8) is 0 Å². The minimum Gasteiger partial charge on any atom is -0.508 e. The van der Waals surface area contributed by atoms with Gasteiger partial charge in [-0.15, -0.1) is 0 Å². The highest BCUT2D eigenvalue weighted by Crippen LogP contribution is 2.38. The fraction of sp³-hybridized carbons (Fsp3) is 0.316. The number of hydrogen-bond acceptors (Lipinski definition) is 5. The highest BCUT2D eigenvalue weighted by Gasteiger charge is 2.24. The van der Waals surface area contributed by atoms with Crippen LogP contribution in [0.3, 0.4) is 0 Å². The normalized spacial score (nSPS) is 14.3. The van der Waals surface area contributed by atoms with Gasteiger partial charge in [-0.1, -0.05) is 0 Å². The predicted octanol–water partition coefficient (Wildman–Crippen LogP) is 2.26. The molecule has 0 fully saturated rings. The topological polar surface area (TPSA) is 90.8 Å². The van der Waals surface area contributed by atoms with E-state index in [-0.39, 0.29) is 24.8 Å². The molecule has 1 aliphatic heterocycles. The molecule has 0 saturated carbocycles. The van der Waals surface area contributed by atoms with E-state index in [1.165, 1.54) is 24.3 Å². The first-order valence-electron chi connectivity index (χ1n) is 8.55. The Morgan fingerprint density at radius 3 is 2.67 bits per heavy atom. The summed E-state index contributed by atoms with van der Waals surface area (Å²) in [6, 6.07) is 6.16. The number of nitrogens with one attached hydrogen (secondary N) is 2. The summed E-state index contributed by atoms with van der Waals surface area (Å²) in [5.41, 5.74) is 1.25. The van der Waals surface area contributed by atoms with Gasteiger partial charge in [-0.3, -0.25) is 4.79 Å². The molecule has 1 atom stereocenters. The van der Waals surface area contributed by atoms with E-state index in [4.69, 9.17) is 4.74 Å². The number of anilines is 1. The Labute approximate surface area is 154 Å². The number of rotatable bonds is 7. The van der Waals surface area contributed by atoms with Crippen molar-refractivity contribution in [2.75, 3.05) is 25.0 Å². The second kappa shape index (κ2) is 8.32. The SMILES string of the molecule is O=C1COc2c(cc(O)cc2C(O)CNCCCc2cc(F)cc(F)c2)N1. The van der Waals surface area contributed by atoms with E-state index in [9.17, 15) is 23.8 Å². The second-order valence-electron chi connectivity index (χ2n) is 6.35. The summed E-state index contributed by atoms with van der Waals surface area (Å²) in [6.45, 7) is 0.549. The van der Waals surface area contributed by atoms with Crippen LogP contribution in [0, 0.1) is 11.6 Å². The van der Waals surface area contributed by atoms with Crippen LogP contribution in [0.4, 0.5) is 14.5 Å². The van der Waals surface area contributed by atoms with E-state index < -0.39 is 17.7 Å². The summed E-state index contributed by atoms with van der Waals surface area (Å²) < 4.78 is 31.7. The van der Waals surface area contributed by atoms with Crippen molar-refractivity contribution in [3.8, 4) is 11.5 Å². The zero-order chi connectivity index (χ0) is 19.4. The molecule has 144 valence electrons. The van der Waals surface area contributed by atoms with E-state index in [2.05, 4.69) is 10.6 Å².